The van der Waals surface area contributed by atoms with Gasteiger partial charge in [0.05, 0.1) is 5.41 Å². The number of aromatic nitrogens is 2. The Hall–Kier alpha value is -1.20. The molecule has 0 spiro atoms. The molecule has 0 aliphatic carbocycles. The highest BCUT2D eigenvalue weighted by Gasteiger charge is 2.43. The molecule has 21 heavy (non-hydrogen) atoms. The van der Waals surface area contributed by atoms with Crippen LogP contribution in [0.15, 0.2) is 27.2 Å². The molecule has 4 nitrogen and oxygen atoms in total. The van der Waals surface area contributed by atoms with Crippen LogP contribution in [0.3, 0.4) is 0 Å². The van der Waals surface area contributed by atoms with Gasteiger partial charge in [0.2, 0.25) is 11.7 Å². The SMILES string of the molecule is Cc1cc(Br)ccc1-c1noc(C2(C(C)C)CCNC2)n1. The molecule has 2 aromatic rings. The Morgan fingerprint density at radius 1 is 1.38 bits per heavy atom. The molecule has 1 atom stereocenters. The maximum Gasteiger partial charge on any atom is 0.234 e. The van der Waals surface area contributed by atoms with Crippen LogP contribution in [0.5, 0.6) is 0 Å². The summed E-state index contributed by atoms with van der Waals surface area (Å²) < 4.78 is 6.70. The second-order valence-corrected chi connectivity index (χ2v) is 7.04. The Bertz CT molecular complexity index is 645. The minimum absolute atomic E-state index is 0.0332. The molecule has 1 fully saturated rings. The van der Waals surface area contributed by atoms with Crippen molar-refractivity contribution in [1.82, 2.24) is 15.5 Å². The van der Waals surface area contributed by atoms with Crippen LogP contribution >= 0.6 is 15.9 Å². The fraction of sp³-hybridized carbons (Fsp3) is 0.500. The highest BCUT2D eigenvalue weighted by molar-refractivity contribution is 9.10. The summed E-state index contributed by atoms with van der Waals surface area (Å²) in [5.41, 5.74) is 2.13. The van der Waals surface area contributed by atoms with Crippen LogP contribution in [0.25, 0.3) is 11.4 Å². The van der Waals surface area contributed by atoms with Crippen LogP contribution in [0.4, 0.5) is 0 Å². The minimum Gasteiger partial charge on any atom is -0.338 e. The van der Waals surface area contributed by atoms with E-state index >= 15 is 0 Å². The summed E-state index contributed by atoms with van der Waals surface area (Å²) in [4.78, 5) is 4.71. The van der Waals surface area contributed by atoms with E-state index in [9.17, 15) is 0 Å². The maximum absolute atomic E-state index is 5.64. The fourth-order valence-electron chi connectivity index (χ4n) is 3.05. The van der Waals surface area contributed by atoms with E-state index in [-0.39, 0.29) is 5.41 Å². The Labute approximate surface area is 133 Å². The van der Waals surface area contributed by atoms with Gasteiger partial charge in [0.1, 0.15) is 0 Å². The molecular formula is C16H20BrN3O. The molecule has 1 aliphatic heterocycles. The Morgan fingerprint density at radius 3 is 2.81 bits per heavy atom. The molecule has 2 heterocycles. The van der Waals surface area contributed by atoms with E-state index in [1.807, 2.05) is 12.1 Å². The first-order valence-electron chi connectivity index (χ1n) is 7.34. The van der Waals surface area contributed by atoms with Crippen molar-refractivity contribution in [1.29, 1.82) is 0 Å². The zero-order valence-corrected chi connectivity index (χ0v) is 14.2. The van der Waals surface area contributed by atoms with Crippen molar-refractivity contribution in [3.05, 3.63) is 34.1 Å². The molecule has 0 saturated carbocycles. The first-order valence-corrected chi connectivity index (χ1v) is 8.14. The number of hydrogen-bond acceptors (Lipinski definition) is 4. The predicted octanol–water partition coefficient (Wildman–Crippen LogP) is 3.69. The van der Waals surface area contributed by atoms with E-state index in [4.69, 9.17) is 9.51 Å². The van der Waals surface area contributed by atoms with Gasteiger partial charge < -0.3 is 9.84 Å². The molecule has 0 bridgehead atoms. The number of rotatable bonds is 3. The van der Waals surface area contributed by atoms with Crippen LogP contribution < -0.4 is 5.32 Å². The van der Waals surface area contributed by atoms with Gasteiger partial charge in [-0.2, -0.15) is 4.98 Å². The predicted molar refractivity (Wildman–Crippen MR) is 86.2 cm³/mol. The third-order valence-corrected chi connectivity index (χ3v) is 5.07. The van der Waals surface area contributed by atoms with E-state index in [1.165, 1.54) is 0 Å². The van der Waals surface area contributed by atoms with Gasteiger partial charge in [0, 0.05) is 16.6 Å². The summed E-state index contributed by atoms with van der Waals surface area (Å²) in [7, 11) is 0. The topological polar surface area (TPSA) is 51.0 Å². The van der Waals surface area contributed by atoms with E-state index in [2.05, 4.69) is 53.2 Å². The molecule has 1 aliphatic rings. The molecule has 0 amide bonds. The van der Waals surface area contributed by atoms with Crippen LogP contribution in [0.1, 0.15) is 31.7 Å². The third kappa shape index (κ3) is 2.53. The van der Waals surface area contributed by atoms with E-state index in [1.54, 1.807) is 0 Å². The molecule has 1 N–H and O–H groups in total. The Kier molecular flexibility index (Phi) is 3.88. The van der Waals surface area contributed by atoms with E-state index in [0.717, 1.165) is 41.0 Å². The zero-order chi connectivity index (χ0) is 15.0. The first kappa shape index (κ1) is 14.7. The van der Waals surface area contributed by atoms with Gasteiger partial charge in [0.25, 0.3) is 0 Å². The molecule has 1 aromatic carbocycles. The second-order valence-electron chi connectivity index (χ2n) is 6.12. The molecule has 5 heteroatoms. The molecule has 112 valence electrons. The number of hydrogen-bond donors (Lipinski definition) is 1. The van der Waals surface area contributed by atoms with Gasteiger partial charge in [-0.25, -0.2) is 0 Å². The smallest absolute Gasteiger partial charge is 0.234 e. The van der Waals surface area contributed by atoms with Gasteiger partial charge >= 0.3 is 0 Å². The van der Waals surface area contributed by atoms with Crippen LogP contribution in [-0.4, -0.2) is 23.2 Å². The highest BCUT2D eigenvalue weighted by atomic mass is 79.9. The van der Waals surface area contributed by atoms with Crippen LogP contribution in [-0.2, 0) is 5.41 Å². The quantitative estimate of drug-likeness (QED) is 0.917. The molecule has 3 rings (SSSR count). The summed E-state index contributed by atoms with van der Waals surface area (Å²) in [6, 6.07) is 6.11. The summed E-state index contributed by atoms with van der Waals surface area (Å²) in [5.74, 6) is 1.91. The maximum atomic E-state index is 5.64. The van der Waals surface area contributed by atoms with Crippen molar-refractivity contribution in [2.75, 3.05) is 13.1 Å². The van der Waals surface area contributed by atoms with Gasteiger partial charge in [-0.3, -0.25) is 0 Å². The van der Waals surface area contributed by atoms with Crippen molar-refractivity contribution < 1.29 is 4.52 Å². The fourth-order valence-corrected chi connectivity index (χ4v) is 3.52. The van der Waals surface area contributed by atoms with Crippen molar-refractivity contribution in [3.8, 4) is 11.4 Å². The van der Waals surface area contributed by atoms with Crippen LogP contribution in [0.2, 0.25) is 0 Å². The highest BCUT2D eigenvalue weighted by Crippen LogP contribution is 2.38. The Balaban J connectivity index is 2.00. The zero-order valence-electron chi connectivity index (χ0n) is 12.6. The standard InChI is InChI=1S/C16H20BrN3O/c1-10(2)16(6-7-18-9-16)15-19-14(20-21-15)13-5-4-12(17)8-11(13)3/h4-5,8,10,18H,6-7,9H2,1-3H3. The second kappa shape index (κ2) is 5.54. The third-order valence-electron chi connectivity index (χ3n) is 4.57. The van der Waals surface area contributed by atoms with Gasteiger partial charge in [-0.15, -0.1) is 0 Å². The number of nitrogens with one attached hydrogen (secondary N) is 1. The lowest BCUT2D eigenvalue weighted by atomic mass is 9.76. The molecule has 1 aromatic heterocycles. The van der Waals surface area contributed by atoms with Crippen molar-refractivity contribution in [2.24, 2.45) is 5.92 Å². The van der Waals surface area contributed by atoms with E-state index in [0.29, 0.717) is 11.7 Å². The first-order chi connectivity index (χ1) is 10.0. The van der Waals surface area contributed by atoms with Crippen molar-refractivity contribution in [3.63, 3.8) is 0 Å². The Morgan fingerprint density at radius 2 is 2.19 bits per heavy atom. The summed E-state index contributed by atoms with van der Waals surface area (Å²) in [6.45, 7) is 8.42. The molecular weight excluding hydrogens is 330 g/mol. The van der Waals surface area contributed by atoms with Crippen molar-refractivity contribution >= 4 is 15.9 Å². The van der Waals surface area contributed by atoms with Crippen LogP contribution in [0, 0.1) is 12.8 Å². The monoisotopic (exact) mass is 349 g/mol. The van der Waals surface area contributed by atoms with Crippen molar-refractivity contribution in [2.45, 2.75) is 32.6 Å². The number of nitrogens with zero attached hydrogens (tertiary/aromatic N) is 2. The molecule has 1 saturated heterocycles. The average molecular weight is 350 g/mol. The largest absolute Gasteiger partial charge is 0.338 e. The number of aryl methyl sites for hydroxylation is 1. The number of halogens is 1. The van der Waals surface area contributed by atoms with Gasteiger partial charge in [0.15, 0.2) is 0 Å². The van der Waals surface area contributed by atoms with E-state index < -0.39 is 0 Å². The molecule has 1 unspecified atom stereocenters. The average Bonchev–Trinajstić information content (AvgIpc) is 3.08. The lowest BCUT2D eigenvalue weighted by Gasteiger charge is -2.28. The summed E-state index contributed by atoms with van der Waals surface area (Å²) >= 11 is 3.48. The van der Waals surface area contributed by atoms with Gasteiger partial charge in [-0.05, 0) is 49.6 Å². The summed E-state index contributed by atoms with van der Waals surface area (Å²) in [5, 5.41) is 7.65. The molecule has 0 radical (unpaired) electrons. The normalized spacial score (nSPS) is 22.1. The minimum atomic E-state index is -0.0332. The lowest BCUT2D eigenvalue weighted by Crippen LogP contribution is -2.35. The lowest BCUT2D eigenvalue weighted by molar-refractivity contribution is 0.234. The van der Waals surface area contributed by atoms with Gasteiger partial charge in [-0.1, -0.05) is 34.9 Å². The summed E-state index contributed by atoms with van der Waals surface area (Å²) in [6.07, 6.45) is 1.05. The number of benzene rings is 1.